The van der Waals surface area contributed by atoms with Crippen LogP contribution in [0.15, 0.2) is 23.4 Å². The highest BCUT2D eigenvalue weighted by atomic mass is 35.5. The van der Waals surface area contributed by atoms with Crippen LogP contribution in [0.4, 0.5) is 0 Å². The Hall–Kier alpha value is -1.64. The average molecular weight is 365 g/mol. The maximum atomic E-state index is 6.04. The zero-order valence-electron chi connectivity index (χ0n) is 13.2. The van der Waals surface area contributed by atoms with Crippen LogP contribution in [-0.4, -0.2) is 42.5 Å². The van der Waals surface area contributed by atoms with Gasteiger partial charge < -0.3 is 9.30 Å². The maximum Gasteiger partial charge on any atom is 0.209 e. The van der Waals surface area contributed by atoms with Gasteiger partial charge in [0.05, 0.1) is 29.4 Å². The molecule has 0 unspecified atom stereocenters. The van der Waals surface area contributed by atoms with Gasteiger partial charge in [-0.2, -0.15) is 0 Å². The normalized spacial score (nSPS) is 17.8. The van der Waals surface area contributed by atoms with Crippen LogP contribution in [0.1, 0.15) is 18.7 Å². The third kappa shape index (κ3) is 3.13. The topological polar surface area (TPSA) is 70.7 Å². The summed E-state index contributed by atoms with van der Waals surface area (Å²) >= 11 is 7.62. The van der Waals surface area contributed by atoms with E-state index in [1.54, 1.807) is 11.8 Å². The molecule has 1 aromatic carbocycles. The first kappa shape index (κ1) is 15.9. The molecule has 1 atom stereocenters. The van der Waals surface area contributed by atoms with E-state index in [0.29, 0.717) is 17.3 Å². The van der Waals surface area contributed by atoms with E-state index in [-0.39, 0.29) is 6.10 Å². The van der Waals surface area contributed by atoms with Gasteiger partial charge in [0.25, 0.3) is 0 Å². The van der Waals surface area contributed by atoms with Crippen molar-refractivity contribution in [3.8, 4) is 0 Å². The predicted octanol–water partition coefficient (Wildman–Crippen LogP) is 2.68. The number of rotatable bonds is 5. The summed E-state index contributed by atoms with van der Waals surface area (Å²) in [7, 11) is 2.01. The van der Waals surface area contributed by atoms with Gasteiger partial charge >= 0.3 is 0 Å². The molecule has 2 aromatic heterocycles. The number of ether oxygens (including phenoxy) is 1. The van der Waals surface area contributed by atoms with Crippen LogP contribution in [0.25, 0.3) is 11.0 Å². The van der Waals surface area contributed by atoms with Crippen LogP contribution >= 0.6 is 23.4 Å². The van der Waals surface area contributed by atoms with Crippen LogP contribution in [0, 0.1) is 0 Å². The molecule has 0 amide bonds. The highest BCUT2D eigenvalue weighted by molar-refractivity contribution is 7.98. The Labute approximate surface area is 148 Å². The largest absolute Gasteiger partial charge is 0.376 e. The molecule has 0 aliphatic carbocycles. The van der Waals surface area contributed by atoms with Crippen molar-refractivity contribution in [2.24, 2.45) is 7.05 Å². The predicted molar refractivity (Wildman–Crippen MR) is 92.1 cm³/mol. The number of tetrazole rings is 1. The minimum Gasteiger partial charge on any atom is -0.376 e. The Balaban J connectivity index is 1.49. The monoisotopic (exact) mass is 364 g/mol. The Kier molecular flexibility index (Phi) is 4.43. The fraction of sp³-hybridized carbons (Fsp3) is 0.467. The summed E-state index contributed by atoms with van der Waals surface area (Å²) in [6.07, 6.45) is 2.39. The van der Waals surface area contributed by atoms with Crippen LogP contribution in [0.3, 0.4) is 0 Å². The number of benzene rings is 1. The number of hydrogen-bond donors (Lipinski definition) is 0. The number of fused-ring (bicyclic) bond motifs is 1. The Bertz CT molecular complexity index is 857. The maximum absolute atomic E-state index is 6.04. The highest BCUT2D eigenvalue weighted by Gasteiger charge is 2.19. The lowest BCUT2D eigenvalue weighted by atomic mass is 10.2. The molecule has 1 fully saturated rings. The molecule has 1 saturated heterocycles. The van der Waals surface area contributed by atoms with E-state index >= 15 is 0 Å². The van der Waals surface area contributed by atoms with E-state index in [9.17, 15) is 0 Å². The second kappa shape index (κ2) is 6.70. The lowest BCUT2D eigenvalue weighted by molar-refractivity contribution is 0.0912. The lowest BCUT2D eigenvalue weighted by Gasteiger charge is -2.09. The lowest BCUT2D eigenvalue weighted by Crippen LogP contribution is -2.16. The van der Waals surface area contributed by atoms with Crippen molar-refractivity contribution in [1.82, 2.24) is 29.8 Å². The van der Waals surface area contributed by atoms with E-state index in [0.717, 1.165) is 41.5 Å². The molecule has 0 radical (unpaired) electrons. The summed E-state index contributed by atoms with van der Waals surface area (Å²) in [5.41, 5.74) is 1.97. The van der Waals surface area contributed by atoms with Crippen molar-refractivity contribution in [2.75, 3.05) is 6.61 Å². The van der Waals surface area contributed by atoms with Crippen LogP contribution in [-0.2, 0) is 24.1 Å². The van der Waals surface area contributed by atoms with Gasteiger partial charge in [0.15, 0.2) is 0 Å². The zero-order valence-corrected chi connectivity index (χ0v) is 14.8. The van der Waals surface area contributed by atoms with Crippen molar-refractivity contribution < 1.29 is 4.74 Å². The fourth-order valence-electron chi connectivity index (χ4n) is 2.88. The second-order valence-corrected chi connectivity index (χ2v) is 7.17. The number of aromatic nitrogens is 6. The van der Waals surface area contributed by atoms with Crippen LogP contribution in [0.5, 0.6) is 0 Å². The van der Waals surface area contributed by atoms with Crippen molar-refractivity contribution in [1.29, 1.82) is 0 Å². The van der Waals surface area contributed by atoms with E-state index in [1.807, 2.05) is 29.9 Å². The van der Waals surface area contributed by atoms with Gasteiger partial charge in [-0.15, -0.1) is 5.10 Å². The third-order valence-electron chi connectivity index (χ3n) is 4.17. The van der Waals surface area contributed by atoms with E-state index < -0.39 is 0 Å². The molecule has 24 heavy (non-hydrogen) atoms. The Morgan fingerprint density at radius 3 is 3.17 bits per heavy atom. The molecule has 7 nitrogen and oxygen atoms in total. The van der Waals surface area contributed by atoms with Crippen molar-refractivity contribution in [3.63, 3.8) is 0 Å². The van der Waals surface area contributed by atoms with Crippen LogP contribution in [0.2, 0.25) is 5.02 Å². The molecule has 126 valence electrons. The summed E-state index contributed by atoms with van der Waals surface area (Å²) in [5.74, 6) is 1.65. The first-order valence-electron chi connectivity index (χ1n) is 7.82. The van der Waals surface area contributed by atoms with Gasteiger partial charge in [-0.05, 0) is 41.5 Å². The molecule has 1 aliphatic rings. The molecule has 4 rings (SSSR count). The van der Waals surface area contributed by atoms with Crippen molar-refractivity contribution in [3.05, 3.63) is 29.0 Å². The summed E-state index contributed by atoms with van der Waals surface area (Å²) in [4.78, 5) is 4.66. The van der Waals surface area contributed by atoms with Crippen molar-refractivity contribution in [2.45, 2.75) is 36.4 Å². The average Bonchev–Trinajstić information content (AvgIpc) is 3.28. The molecule has 0 saturated carbocycles. The molecule has 3 heterocycles. The number of imidazole rings is 1. The van der Waals surface area contributed by atoms with Crippen molar-refractivity contribution >= 4 is 34.4 Å². The number of thioether (sulfide) groups is 1. The highest BCUT2D eigenvalue weighted by Crippen LogP contribution is 2.25. The van der Waals surface area contributed by atoms with Gasteiger partial charge in [0.1, 0.15) is 5.82 Å². The van der Waals surface area contributed by atoms with Gasteiger partial charge in [0, 0.05) is 18.7 Å². The van der Waals surface area contributed by atoms with Gasteiger partial charge in [-0.3, -0.25) is 0 Å². The number of nitrogens with zero attached hydrogens (tertiary/aromatic N) is 6. The molecule has 0 spiro atoms. The first-order valence-corrected chi connectivity index (χ1v) is 9.18. The standard InChI is InChI=1S/C15H17ClN6OS/c1-21-13-5-4-10(16)7-12(13)17-14(21)9-24-15-18-19-20-22(15)8-11-3-2-6-23-11/h4-5,7,11H,2-3,6,8-9H2,1H3/t11-/m0/s1. The molecule has 1 aliphatic heterocycles. The molecule has 3 aromatic rings. The molecular weight excluding hydrogens is 348 g/mol. The fourth-order valence-corrected chi connectivity index (χ4v) is 3.91. The SMILES string of the molecule is Cn1c(CSc2nnnn2C[C@@H]2CCCO2)nc2cc(Cl)ccc21. The summed E-state index contributed by atoms with van der Waals surface area (Å²) in [5, 5.41) is 13.5. The van der Waals surface area contributed by atoms with E-state index in [4.69, 9.17) is 16.3 Å². The van der Waals surface area contributed by atoms with E-state index in [2.05, 4.69) is 25.1 Å². The minimum absolute atomic E-state index is 0.214. The molecule has 0 N–H and O–H groups in total. The molecule has 0 bridgehead atoms. The number of hydrogen-bond acceptors (Lipinski definition) is 6. The summed E-state index contributed by atoms with van der Waals surface area (Å²) in [6, 6.07) is 5.75. The Morgan fingerprint density at radius 2 is 2.33 bits per heavy atom. The smallest absolute Gasteiger partial charge is 0.209 e. The van der Waals surface area contributed by atoms with Crippen LogP contribution < -0.4 is 0 Å². The summed E-state index contributed by atoms with van der Waals surface area (Å²) < 4.78 is 9.56. The van der Waals surface area contributed by atoms with Gasteiger partial charge in [-0.25, -0.2) is 9.67 Å². The summed E-state index contributed by atoms with van der Waals surface area (Å²) in [6.45, 7) is 1.53. The number of halogens is 1. The molecular formula is C15H17ClN6OS. The van der Waals surface area contributed by atoms with Gasteiger partial charge in [-0.1, -0.05) is 23.4 Å². The first-order chi connectivity index (χ1) is 11.7. The quantitative estimate of drug-likeness (QED) is 0.648. The third-order valence-corrected chi connectivity index (χ3v) is 5.35. The Morgan fingerprint density at radius 1 is 1.42 bits per heavy atom. The number of aryl methyl sites for hydroxylation is 1. The van der Waals surface area contributed by atoms with E-state index in [1.165, 1.54) is 0 Å². The second-order valence-electron chi connectivity index (χ2n) is 5.79. The molecule has 9 heteroatoms. The zero-order chi connectivity index (χ0) is 16.5. The van der Waals surface area contributed by atoms with Gasteiger partial charge in [0.2, 0.25) is 5.16 Å². The minimum atomic E-state index is 0.214.